The Morgan fingerprint density at radius 3 is 3.06 bits per heavy atom. The highest BCUT2D eigenvalue weighted by atomic mass is 32.1. The van der Waals surface area contributed by atoms with Crippen LogP contribution in [0.25, 0.3) is 0 Å². The molecule has 2 aromatic heterocycles. The molecular weight excluding hydrogens is 234 g/mol. The van der Waals surface area contributed by atoms with E-state index in [1.54, 1.807) is 23.5 Å². The largest absolute Gasteiger partial charge is 0.384 e. The number of nitrogens with two attached hydrogens (primary N) is 1. The van der Waals surface area contributed by atoms with Gasteiger partial charge in [-0.15, -0.1) is 11.3 Å². The number of carbonyl (C=O) groups is 1. The van der Waals surface area contributed by atoms with Gasteiger partial charge in [-0.1, -0.05) is 6.07 Å². The standard InChI is InChI=1S/C12H13N3OS/c13-11-8-9(3-5-14-11)12(16)15-6-4-10-2-1-7-17-10/h1-3,5,7-8H,4,6H2,(H2,13,14)(H,15,16). The highest BCUT2D eigenvalue weighted by Crippen LogP contribution is 2.08. The first-order valence-corrected chi connectivity index (χ1v) is 6.16. The van der Waals surface area contributed by atoms with E-state index in [-0.39, 0.29) is 5.91 Å². The second-order valence-electron chi connectivity index (χ2n) is 3.55. The monoisotopic (exact) mass is 247 g/mol. The molecule has 17 heavy (non-hydrogen) atoms. The first-order valence-electron chi connectivity index (χ1n) is 5.28. The molecule has 0 aliphatic heterocycles. The molecule has 2 heterocycles. The first kappa shape index (κ1) is 11.6. The van der Waals surface area contributed by atoms with Gasteiger partial charge in [0, 0.05) is 23.2 Å². The van der Waals surface area contributed by atoms with Crippen molar-refractivity contribution >= 4 is 23.1 Å². The van der Waals surface area contributed by atoms with Crippen molar-refractivity contribution in [1.82, 2.24) is 10.3 Å². The van der Waals surface area contributed by atoms with E-state index in [9.17, 15) is 4.79 Å². The molecule has 2 rings (SSSR count). The number of rotatable bonds is 4. The van der Waals surface area contributed by atoms with Crippen molar-refractivity contribution in [3.8, 4) is 0 Å². The van der Waals surface area contributed by atoms with Crippen LogP contribution in [0.1, 0.15) is 15.2 Å². The molecule has 0 spiro atoms. The Kier molecular flexibility index (Phi) is 3.72. The lowest BCUT2D eigenvalue weighted by Gasteiger charge is -2.04. The molecule has 3 N–H and O–H groups in total. The molecule has 88 valence electrons. The summed E-state index contributed by atoms with van der Waals surface area (Å²) in [5, 5.41) is 4.88. The number of nitrogens with zero attached hydrogens (tertiary/aromatic N) is 1. The maximum absolute atomic E-state index is 11.7. The van der Waals surface area contributed by atoms with Crippen LogP contribution in [-0.2, 0) is 6.42 Å². The Morgan fingerprint density at radius 1 is 1.47 bits per heavy atom. The van der Waals surface area contributed by atoms with Gasteiger partial charge >= 0.3 is 0 Å². The van der Waals surface area contributed by atoms with E-state index >= 15 is 0 Å². The summed E-state index contributed by atoms with van der Waals surface area (Å²) in [7, 11) is 0. The van der Waals surface area contributed by atoms with E-state index in [1.165, 1.54) is 11.1 Å². The van der Waals surface area contributed by atoms with Gasteiger partial charge < -0.3 is 11.1 Å². The summed E-state index contributed by atoms with van der Waals surface area (Å²) in [5.41, 5.74) is 6.06. The van der Waals surface area contributed by atoms with Crippen molar-refractivity contribution in [2.75, 3.05) is 12.3 Å². The first-order chi connectivity index (χ1) is 8.25. The Hall–Kier alpha value is -1.88. The number of hydrogen-bond donors (Lipinski definition) is 2. The lowest BCUT2D eigenvalue weighted by atomic mass is 10.2. The number of anilines is 1. The van der Waals surface area contributed by atoms with Crippen LogP contribution in [0.15, 0.2) is 35.8 Å². The van der Waals surface area contributed by atoms with E-state index in [0.29, 0.717) is 17.9 Å². The quantitative estimate of drug-likeness (QED) is 0.864. The smallest absolute Gasteiger partial charge is 0.251 e. The lowest BCUT2D eigenvalue weighted by molar-refractivity contribution is 0.0954. The van der Waals surface area contributed by atoms with Crippen LogP contribution >= 0.6 is 11.3 Å². The molecule has 4 nitrogen and oxygen atoms in total. The minimum atomic E-state index is -0.115. The van der Waals surface area contributed by atoms with Gasteiger partial charge in [0.25, 0.3) is 5.91 Å². The van der Waals surface area contributed by atoms with Gasteiger partial charge in [0.15, 0.2) is 0 Å². The molecule has 0 unspecified atom stereocenters. The molecule has 0 aliphatic rings. The van der Waals surface area contributed by atoms with Gasteiger partial charge in [0.1, 0.15) is 5.82 Å². The van der Waals surface area contributed by atoms with E-state index in [2.05, 4.69) is 16.4 Å². The molecular formula is C12H13N3OS. The molecule has 2 aromatic rings. The predicted octanol–water partition coefficient (Wildman–Crippen LogP) is 1.70. The molecule has 0 saturated heterocycles. The molecule has 1 amide bonds. The molecule has 0 radical (unpaired) electrons. The van der Waals surface area contributed by atoms with Gasteiger partial charge in [0.05, 0.1) is 0 Å². The van der Waals surface area contributed by atoms with Crippen molar-refractivity contribution in [3.05, 3.63) is 46.3 Å². The number of carbonyl (C=O) groups excluding carboxylic acids is 1. The number of nitrogen functional groups attached to an aromatic ring is 1. The van der Waals surface area contributed by atoms with Crippen LogP contribution in [0.5, 0.6) is 0 Å². The molecule has 0 aromatic carbocycles. The fourth-order valence-electron chi connectivity index (χ4n) is 1.45. The zero-order valence-corrected chi connectivity index (χ0v) is 10.0. The highest BCUT2D eigenvalue weighted by Gasteiger charge is 2.05. The second-order valence-corrected chi connectivity index (χ2v) is 4.59. The fraction of sp³-hybridized carbons (Fsp3) is 0.167. The van der Waals surface area contributed by atoms with Crippen LogP contribution in [-0.4, -0.2) is 17.4 Å². The third-order valence-corrected chi connectivity index (χ3v) is 3.22. The highest BCUT2D eigenvalue weighted by molar-refractivity contribution is 7.09. The topological polar surface area (TPSA) is 68.0 Å². The summed E-state index contributed by atoms with van der Waals surface area (Å²) in [6.07, 6.45) is 2.38. The Morgan fingerprint density at radius 2 is 2.35 bits per heavy atom. The number of thiophene rings is 1. The van der Waals surface area contributed by atoms with Crippen molar-refractivity contribution < 1.29 is 4.79 Å². The summed E-state index contributed by atoms with van der Waals surface area (Å²) >= 11 is 1.69. The van der Waals surface area contributed by atoms with E-state index in [1.807, 2.05) is 11.4 Å². The minimum Gasteiger partial charge on any atom is -0.384 e. The third-order valence-electron chi connectivity index (χ3n) is 2.28. The van der Waals surface area contributed by atoms with Gasteiger partial charge in [-0.2, -0.15) is 0 Å². The van der Waals surface area contributed by atoms with Crippen LogP contribution in [0.3, 0.4) is 0 Å². The van der Waals surface area contributed by atoms with Gasteiger partial charge in [0.2, 0.25) is 0 Å². The van der Waals surface area contributed by atoms with E-state index in [0.717, 1.165) is 6.42 Å². The van der Waals surface area contributed by atoms with Crippen LogP contribution in [0.4, 0.5) is 5.82 Å². The van der Waals surface area contributed by atoms with Crippen molar-refractivity contribution in [1.29, 1.82) is 0 Å². The minimum absolute atomic E-state index is 0.115. The molecule has 0 atom stereocenters. The zero-order valence-electron chi connectivity index (χ0n) is 9.22. The van der Waals surface area contributed by atoms with E-state index < -0.39 is 0 Å². The Balaban J connectivity index is 1.85. The summed E-state index contributed by atoms with van der Waals surface area (Å²) in [5.74, 6) is 0.242. The molecule has 5 heteroatoms. The second kappa shape index (κ2) is 5.45. The average molecular weight is 247 g/mol. The third kappa shape index (κ3) is 3.29. The Labute approximate surface area is 103 Å². The van der Waals surface area contributed by atoms with Gasteiger partial charge in [-0.25, -0.2) is 4.98 Å². The summed E-state index contributed by atoms with van der Waals surface area (Å²) in [6, 6.07) is 7.28. The summed E-state index contributed by atoms with van der Waals surface area (Å²) in [4.78, 5) is 16.8. The molecule has 0 fully saturated rings. The van der Waals surface area contributed by atoms with Crippen molar-refractivity contribution in [2.24, 2.45) is 0 Å². The maximum Gasteiger partial charge on any atom is 0.251 e. The van der Waals surface area contributed by atoms with Crippen molar-refractivity contribution in [3.63, 3.8) is 0 Å². The SMILES string of the molecule is Nc1cc(C(=O)NCCc2cccs2)ccn1. The predicted molar refractivity (Wildman–Crippen MR) is 69.0 cm³/mol. The number of nitrogens with one attached hydrogen (secondary N) is 1. The van der Waals surface area contributed by atoms with Gasteiger partial charge in [-0.05, 0) is 30.0 Å². The average Bonchev–Trinajstić information content (AvgIpc) is 2.82. The van der Waals surface area contributed by atoms with Crippen molar-refractivity contribution in [2.45, 2.75) is 6.42 Å². The number of amides is 1. The Bertz CT molecular complexity index is 496. The number of hydrogen-bond acceptors (Lipinski definition) is 4. The zero-order chi connectivity index (χ0) is 12.1. The number of pyridine rings is 1. The maximum atomic E-state index is 11.7. The lowest BCUT2D eigenvalue weighted by Crippen LogP contribution is -2.25. The number of aromatic nitrogens is 1. The normalized spacial score (nSPS) is 10.1. The van der Waals surface area contributed by atoms with Crippen LogP contribution in [0, 0.1) is 0 Å². The fourth-order valence-corrected chi connectivity index (χ4v) is 2.15. The van der Waals surface area contributed by atoms with E-state index in [4.69, 9.17) is 5.73 Å². The van der Waals surface area contributed by atoms with Crippen LogP contribution < -0.4 is 11.1 Å². The van der Waals surface area contributed by atoms with Gasteiger partial charge in [-0.3, -0.25) is 4.79 Å². The summed E-state index contributed by atoms with van der Waals surface area (Å²) in [6.45, 7) is 0.627. The molecule has 0 saturated carbocycles. The molecule has 0 bridgehead atoms. The van der Waals surface area contributed by atoms with Crippen LogP contribution in [0.2, 0.25) is 0 Å². The summed E-state index contributed by atoms with van der Waals surface area (Å²) < 4.78 is 0. The molecule has 0 aliphatic carbocycles.